The number of morpholine rings is 1. The molecule has 0 amide bonds. The molecule has 4 heterocycles. The maximum atomic E-state index is 5.48. The molecule has 0 spiro atoms. The van der Waals surface area contributed by atoms with Crippen molar-refractivity contribution < 1.29 is 4.74 Å². The van der Waals surface area contributed by atoms with Gasteiger partial charge in [0.25, 0.3) is 0 Å². The third-order valence-electron chi connectivity index (χ3n) is 4.23. The second kappa shape index (κ2) is 6.07. The first-order chi connectivity index (χ1) is 11.6. The van der Waals surface area contributed by atoms with Gasteiger partial charge < -0.3 is 9.64 Å². The minimum absolute atomic E-state index is 0.697. The highest BCUT2D eigenvalue weighted by atomic mass is 32.1. The Kier molecular flexibility index (Phi) is 3.90. The van der Waals surface area contributed by atoms with Crippen LogP contribution < -0.4 is 4.90 Å². The van der Waals surface area contributed by atoms with Gasteiger partial charge in [-0.25, -0.2) is 19.9 Å². The summed E-state index contributed by atoms with van der Waals surface area (Å²) < 4.78 is 6.63. The largest absolute Gasteiger partial charge is 0.378 e. The first-order valence-corrected chi connectivity index (χ1v) is 8.90. The summed E-state index contributed by atoms with van der Waals surface area (Å²) in [7, 11) is 0. The van der Waals surface area contributed by atoms with Gasteiger partial charge in [-0.3, -0.25) is 0 Å². The van der Waals surface area contributed by atoms with Crippen LogP contribution >= 0.6 is 11.3 Å². The van der Waals surface area contributed by atoms with Crippen LogP contribution in [0.1, 0.15) is 17.1 Å². The quantitative estimate of drug-likeness (QED) is 0.714. The smallest absolute Gasteiger partial charge is 0.165 e. The Hall–Kier alpha value is -2.12. The molecule has 0 saturated carbocycles. The van der Waals surface area contributed by atoms with E-state index in [2.05, 4.69) is 27.2 Å². The molecular formula is C17H19N5OS. The van der Waals surface area contributed by atoms with Gasteiger partial charge in [-0.2, -0.15) is 0 Å². The zero-order valence-electron chi connectivity index (χ0n) is 14.0. The predicted molar refractivity (Wildman–Crippen MR) is 95.7 cm³/mol. The number of aryl methyl sites for hydroxylation is 3. The van der Waals surface area contributed by atoms with E-state index in [-0.39, 0.29) is 0 Å². The number of anilines is 1. The number of rotatable bonds is 2. The highest BCUT2D eigenvalue weighted by molar-refractivity contribution is 7.18. The third-order valence-corrected chi connectivity index (χ3v) is 5.31. The molecule has 3 aromatic heterocycles. The number of aromatic nitrogens is 4. The van der Waals surface area contributed by atoms with E-state index in [1.54, 1.807) is 11.3 Å². The van der Waals surface area contributed by atoms with Gasteiger partial charge in [0.2, 0.25) is 0 Å². The van der Waals surface area contributed by atoms with E-state index in [0.717, 1.165) is 59.4 Å². The van der Waals surface area contributed by atoms with Crippen LogP contribution in [0.15, 0.2) is 11.6 Å². The molecule has 0 aliphatic carbocycles. The summed E-state index contributed by atoms with van der Waals surface area (Å²) in [4.78, 5) is 20.8. The minimum atomic E-state index is 0.697. The van der Waals surface area contributed by atoms with Crippen molar-refractivity contribution in [1.29, 1.82) is 0 Å². The molecule has 1 aliphatic heterocycles. The second-order valence-electron chi connectivity index (χ2n) is 5.98. The molecule has 7 heteroatoms. The van der Waals surface area contributed by atoms with E-state index in [4.69, 9.17) is 14.7 Å². The number of nitrogens with zero attached hydrogens (tertiary/aromatic N) is 5. The fourth-order valence-electron chi connectivity index (χ4n) is 2.93. The van der Waals surface area contributed by atoms with Crippen molar-refractivity contribution in [2.75, 3.05) is 31.2 Å². The molecule has 1 aliphatic rings. The van der Waals surface area contributed by atoms with Crippen molar-refractivity contribution in [3.8, 4) is 11.4 Å². The average Bonchev–Trinajstić information content (AvgIpc) is 2.96. The van der Waals surface area contributed by atoms with Crippen molar-refractivity contribution >= 4 is 27.4 Å². The first-order valence-electron chi connectivity index (χ1n) is 8.02. The topological polar surface area (TPSA) is 64.0 Å². The maximum absolute atomic E-state index is 5.48. The fourth-order valence-corrected chi connectivity index (χ4v) is 3.93. The van der Waals surface area contributed by atoms with Crippen LogP contribution in [-0.2, 0) is 4.74 Å². The zero-order chi connectivity index (χ0) is 16.7. The highest BCUT2D eigenvalue weighted by Crippen LogP contribution is 2.34. The summed E-state index contributed by atoms with van der Waals surface area (Å²) in [6.07, 6.45) is 1.82. The van der Waals surface area contributed by atoms with Crippen LogP contribution in [0.25, 0.3) is 21.6 Å². The second-order valence-corrected chi connectivity index (χ2v) is 6.86. The highest BCUT2D eigenvalue weighted by Gasteiger charge is 2.20. The van der Waals surface area contributed by atoms with Crippen molar-refractivity contribution in [2.45, 2.75) is 20.8 Å². The molecule has 0 aromatic carbocycles. The van der Waals surface area contributed by atoms with E-state index >= 15 is 0 Å². The summed E-state index contributed by atoms with van der Waals surface area (Å²) in [5.74, 6) is 2.46. The molecule has 24 heavy (non-hydrogen) atoms. The minimum Gasteiger partial charge on any atom is -0.378 e. The average molecular weight is 341 g/mol. The molecule has 4 rings (SSSR count). The Balaban J connectivity index is 1.91. The molecule has 1 saturated heterocycles. The SMILES string of the molecule is Cc1ncc(-c2nc(N3CCOCC3)c3scc(C)c3n2)c(C)n1. The van der Waals surface area contributed by atoms with Crippen LogP contribution in [-0.4, -0.2) is 46.2 Å². The van der Waals surface area contributed by atoms with E-state index in [9.17, 15) is 0 Å². The number of ether oxygens (including phenoxy) is 1. The van der Waals surface area contributed by atoms with E-state index in [1.807, 2.05) is 20.0 Å². The lowest BCUT2D eigenvalue weighted by Gasteiger charge is -2.28. The lowest BCUT2D eigenvalue weighted by molar-refractivity contribution is 0.122. The van der Waals surface area contributed by atoms with Gasteiger partial charge in [0.05, 0.1) is 34.7 Å². The van der Waals surface area contributed by atoms with Crippen molar-refractivity contribution in [3.05, 3.63) is 28.7 Å². The van der Waals surface area contributed by atoms with Gasteiger partial charge in [0.1, 0.15) is 5.82 Å². The Morgan fingerprint density at radius 2 is 1.88 bits per heavy atom. The van der Waals surface area contributed by atoms with Gasteiger partial charge in [0, 0.05) is 19.3 Å². The van der Waals surface area contributed by atoms with Crippen molar-refractivity contribution in [1.82, 2.24) is 19.9 Å². The van der Waals surface area contributed by atoms with Gasteiger partial charge in [-0.05, 0) is 31.7 Å². The first kappa shape index (κ1) is 15.4. The summed E-state index contributed by atoms with van der Waals surface area (Å²) in [5, 5.41) is 2.14. The molecule has 0 unspecified atom stereocenters. The molecule has 1 fully saturated rings. The van der Waals surface area contributed by atoms with Crippen LogP contribution in [0, 0.1) is 20.8 Å². The molecule has 0 bridgehead atoms. The van der Waals surface area contributed by atoms with Gasteiger partial charge in [-0.1, -0.05) is 0 Å². The van der Waals surface area contributed by atoms with Gasteiger partial charge in [0.15, 0.2) is 11.6 Å². The van der Waals surface area contributed by atoms with Crippen LogP contribution in [0.4, 0.5) is 5.82 Å². The molecule has 0 atom stereocenters. The summed E-state index contributed by atoms with van der Waals surface area (Å²) >= 11 is 1.71. The number of hydrogen-bond acceptors (Lipinski definition) is 7. The number of hydrogen-bond donors (Lipinski definition) is 0. The fraction of sp³-hybridized carbons (Fsp3) is 0.412. The van der Waals surface area contributed by atoms with Crippen molar-refractivity contribution in [3.63, 3.8) is 0 Å². The van der Waals surface area contributed by atoms with Gasteiger partial charge >= 0.3 is 0 Å². The lowest BCUT2D eigenvalue weighted by Crippen LogP contribution is -2.36. The number of thiophene rings is 1. The predicted octanol–water partition coefficient (Wildman–Crippen LogP) is 2.91. The summed E-state index contributed by atoms with van der Waals surface area (Å²) in [6.45, 7) is 9.14. The van der Waals surface area contributed by atoms with Crippen LogP contribution in [0.5, 0.6) is 0 Å². The molecule has 3 aromatic rings. The molecule has 0 N–H and O–H groups in total. The lowest BCUT2D eigenvalue weighted by atomic mass is 10.2. The third kappa shape index (κ3) is 2.63. The normalized spacial score (nSPS) is 15.2. The van der Waals surface area contributed by atoms with E-state index in [1.165, 1.54) is 5.56 Å². The Bertz CT molecular complexity index is 901. The Morgan fingerprint density at radius 3 is 2.62 bits per heavy atom. The van der Waals surface area contributed by atoms with Crippen molar-refractivity contribution in [2.24, 2.45) is 0 Å². The summed E-state index contributed by atoms with van der Waals surface area (Å²) in [5.41, 5.74) is 4.00. The maximum Gasteiger partial charge on any atom is 0.165 e. The molecule has 6 nitrogen and oxygen atoms in total. The standard InChI is InChI=1S/C17H19N5OS/c1-10-9-24-15-14(10)20-16(13-8-18-12(3)19-11(13)2)21-17(15)22-4-6-23-7-5-22/h8-9H,4-7H2,1-3H3. The van der Waals surface area contributed by atoms with E-state index < -0.39 is 0 Å². The Morgan fingerprint density at radius 1 is 1.08 bits per heavy atom. The molecule has 0 radical (unpaired) electrons. The van der Waals surface area contributed by atoms with Crippen LogP contribution in [0.3, 0.4) is 0 Å². The monoisotopic (exact) mass is 341 g/mol. The summed E-state index contributed by atoms with van der Waals surface area (Å²) in [6, 6.07) is 0. The molecular weight excluding hydrogens is 322 g/mol. The molecule has 124 valence electrons. The Labute approximate surface area is 144 Å². The van der Waals surface area contributed by atoms with Gasteiger partial charge in [-0.15, -0.1) is 11.3 Å². The van der Waals surface area contributed by atoms with E-state index in [0.29, 0.717) is 5.82 Å². The zero-order valence-corrected chi connectivity index (χ0v) is 14.9. The van der Waals surface area contributed by atoms with Crippen LogP contribution in [0.2, 0.25) is 0 Å². The number of fused-ring (bicyclic) bond motifs is 1.